The number of likely N-dealkylation sites (tertiary alicyclic amines) is 2. The minimum absolute atomic E-state index is 0.0620. The Morgan fingerprint density at radius 1 is 0.962 bits per heavy atom. The summed E-state index contributed by atoms with van der Waals surface area (Å²) < 4.78 is 0. The van der Waals surface area contributed by atoms with Crippen LogP contribution in [0.4, 0.5) is 10.5 Å². The van der Waals surface area contributed by atoms with Crippen LogP contribution in [0.25, 0.3) is 0 Å². The third-order valence-electron chi connectivity index (χ3n) is 4.95. The Hall–Kier alpha value is -2.41. The van der Waals surface area contributed by atoms with E-state index in [4.69, 9.17) is 0 Å². The second kappa shape index (κ2) is 8.80. The number of benzene rings is 1. The highest BCUT2D eigenvalue weighted by Crippen LogP contribution is 2.21. The van der Waals surface area contributed by atoms with Crippen LogP contribution in [-0.2, 0) is 9.59 Å². The largest absolute Gasteiger partial charge is 0.341 e. The molecule has 0 unspecified atom stereocenters. The summed E-state index contributed by atoms with van der Waals surface area (Å²) in [7, 11) is 0. The lowest BCUT2D eigenvalue weighted by Crippen LogP contribution is -2.53. The molecule has 2 saturated heterocycles. The van der Waals surface area contributed by atoms with Crippen LogP contribution in [0.1, 0.15) is 32.1 Å². The number of nitrogens with zero attached hydrogens (tertiary/aromatic N) is 2. The van der Waals surface area contributed by atoms with Gasteiger partial charge in [-0.2, -0.15) is 0 Å². The van der Waals surface area contributed by atoms with E-state index in [2.05, 4.69) is 10.6 Å². The number of nitrogens with one attached hydrogen (secondary N) is 2. The molecule has 26 heavy (non-hydrogen) atoms. The van der Waals surface area contributed by atoms with Gasteiger partial charge < -0.3 is 10.2 Å². The second-order valence-corrected chi connectivity index (χ2v) is 6.88. The number of anilines is 1. The van der Waals surface area contributed by atoms with Gasteiger partial charge in [-0.15, -0.1) is 0 Å². The Labute approximate surface area is 153 Å². The third-order valence-corrected chi connectivity index (χ3v) is 4.95. The predicted octanol–water partition coefficient (Wildman–Crippen LogP) is 1.81. The summed E-state index contributed by atoms with van der Waals surface area (Å²) in [4.78, 5) is 40.8. The molecule has 0 saturated carbocycles. The zero-order chi connectivity index (χ0) is 18.4. The minimum atomic E-state index is -0.555. The van der Waals surface area contributed by atoms with Crippen molar-refractivity contribution < 1.29 is 14.4 Å². The fraction of sp³-hybridized carbons (Fsp3) is 0.526. The molecule has 2 aliphatic rings. The van der Waals surface area contributed by atoms with Gasteiger partial charge in [0, 0.05) is 18.8 Å². The Bertz CT molecular complexity index is 643. The number of rotatable bonds is 4. The van der Waals surface area contributed by atoms with Crippen LogP contribution in [0.15, 0.2) is 30.3 Å². The molecular formula is C19H26N4O3. The standard InChI is InChI=1S/C19H26N4O3/c24-17(21-19(26)20-15-8-2-1-3-9-15)14-23-13-5-4-10-16(23)18(25)22-11-6-7-12-22/h1-3,8-9,16H,4-7,10-14H2,(H2,20,21,24,26)/t16-/m0/s1. The van der Waals surface area contributed by atoms with Crippen molar-refractivity contribution in [3.05, 3.63) is 30.3 Å². The number of amides is 4. The lowest BCUT2D eigenvalue weighted by atomic mass is 10.0. The van der Waals surface area contributed by atoms with Crippen molar-refractivity contribution in [2.75, 3.05) is 31.5 Å². The Morgan fingerprint density at radius 3 is 2.38 bits per heavy atom. The molecule has 7 heteroatoms. The third kappa shape index (κ3) is 4.82. The number of piperidine rings is 1. The molecule has 0 radical (unpaired) electrons. The number of imide groups is 1. The van der Waals surface area contributed by atoms with Crippen molar-refractivity contribution in [2.45, 2.75) is 38.1 Å². The van der Waals surface area contributed by atoms with Crippen molar-refractivity contribution in [2.24, 2.45) is 0 Å². The number of hydrogen-bond donors (Lipinski definition) is 2. The van der Waals surface area contributed by atoms with Gasteiger partial charge in [0.05, 0.1) is 12.6 Å². The van der Waals surface area contributed by atoms with E-state index >= 15 is 0 Å². The van der Waals surface area contributed by atoms with E-state index in [0.717, 1.165) is 45.2 Å². The van der Waals surface area contributed by atoms with Crippen molar-refractivity contribution in [1.29, 1.82) is 0 Å². The summed E-state index contributed by atoms with van der Waals surface area (Å²) in [6, 6.07) is 8.16. The van der Waals surface area contributed by atoms with E-state index in [1.807, 2.05) is 15.9 Å². The van der Waals surface area contributed by atoms with E-state index in [-0.39, 0.29) is 24.4 Å². The molecule has 1 atom stereocenters. The maximum absolute atomic E-state index is 12.7. The normalized spacial score (nSPS) is 20.6. The van der Waals surface area contributed by atoms with Crippen LogP contribution in [-0.4, -0.2) is 59.9 Å². The van der Waals surface area contributed by atoms with Crippen LogP contribution < -0.4 is 10.6 Å². The van der Waals surface area contributed by atoms with E-state index in [1.54, 1.807) is 24.3 Å². The second-order valence-electron chi connectivity index (χ2n) is 6.88. The van der Waals surface area contributed by atoms with Crippen LogP contribution in [0, 0.1) is 0 Å². The molecule has 0 aromatic heterocycles. The molecule has 2 fully saturated rings. The average Bonchev–Trinajstić information content (AvgIpc) is 3.17. The molecule has 4 amide bonds. The average molecular weight is 358 g/mol. The zero-order valence-corrected chi connectivity index (χ0v) is 14.9. The molecule has 0 spiro atoms. The fourth-order valence-corrected chi connectivity index (χ4v) is 3.64. The van der Waals surface area contributed by atoms with Crippen molar-refractivity contribution in [3.63, 3.8) is 0 Å². The van der Waals surface area contributed by atoms with E-state index < -0.39 is 6.03 Å². The summed E-state index contributed by atoms with van der Waals surface area (Å²) in [6.07, 6.45) is 4.85. The lowest BCUT2D eigenvalue weighted by Gasteiger charge is -2.36. The summed E-state index contributed by atoms with van der Waals surface area (Å²) >= 11 is 0. The van der Waals surface area contributed by atoms with E-state index in [1.165, 1.54) is 0 Å². The van der Waals surface area contributed by atoms with Crippen LogP contribution in [0.2, 0.25) is 0 Å². The summed E-state index contributed by atoms with van der Waals surface area (Å²) in [5.41, 5.74) is 0.623. The maximum atomic E-state index is 12.7. The number of carbonyl (C=O) groups excluding carboxylic acids is 3. The number of urea groups is 1. The van der Waals surface area contributed by atoms with Crippen molar-refractivity contribution in [3.8, 4) is 0 Å². The minimum Gasteiger partial charge on any atom is -0.341 e. The topological polar surface area (TPSA) is 81.8 Å². The van der Waals surface area contributed by atoms with Gasteiger partial charge in [-0.05, 0) is 44.4 Å². The Kier molecular flexibility index (Phi) is 6.22. The first kappa shape index (κ1) is 18.4. The van der Waals surface area contributed by atoms with Gasteiger partial charge in [0.15, 0.2) is 0 Å². The van der Waals surface area contributed by atoms with E-state index in [0.29, 0.717) is 12.2 Å². The quantitative estimate of drug-likeness (QED) is 0.860. The van der Waals surface area contributed by atoms with Gasteiger partial charge in [0.2, 0.25) is 11.8 Å². The smallest absolute Gasteiger partial charge is 0.325 e. The fourth-order valence-electron chi connectivity index (χ4n) is 3.64. The summed E-state index contributed by atoms with van der Waals surface area (Å²) in [5.74, 6) is -0.261. The first-order valence-corrected chi connectivity index (χ1v) is 9.32. The molecule has 0 aliphatic carbocycles. The molecule has 2 aliphatic heterocycles. The molecule has 0 bridgehead atoms. The maximum Gasteiger partial charge on any atom is 0.325 e. The molecular weight excluding hydrogens is 332 g/mol. The Balaban J connectivity index is 1.52. The number of para-hydroxylation sites is 1. The summed E-state index contributed by atoms with van der Waals surface area (Å²) in [6.45, 7) is 2.40. The number of carbonyl (C=O) groups is 3. The van der Waals surface area contributed by atoms with Crippen LogP contribution in [0.3, 0.4) is 0 Å². The molecule has 7 nitrogen and oxygen atoms in total. The highest BCUT2D eigenvalue weighted by atomic mass is 16.2. The first-order valence-electron chi connectivity index (χ1n) is 9.32. The highest BCUT2D eigenvalue weighted by Gasteiger charge is 2.33. The van der Waals surface area contributed by atoms with Crippen molar-refractivity contribution >= 4 is 23.5 Å². The van der Waals surface area contributed by atoms with Crippen LogP contribution >= 0.6 is 0 Å². The van der Waals surface area contributed by atoms with Gasteiger partial charge in [-0.25, -0.2) is 4.79 Å². The lowest BCUT2D eigenvalue weighted by molar-refractivity contribution is -0.138. The van der Waals surface area contributed by atoms with Crippen molar-refractivity contribution in [1.82, 2.24) is 15.1 Å². The van der Waals surface area contributed by atoms with Gasteiger partial charge >= 0.3 is 6.03 Å². The molecule has 3 rings (SSSR count). The molecule has 2 N–H and O–H groups in total. The van der Waals surface area contributed by atoms with Gasteiger partial charge in [0.1, 0.15) is 0 Å². The monoisotopic (exact) mass is 358 g/mol. The molecule has 1 aromatic rings. The van der Waals surface area contributed by atoms with Gasteiger partial charge in [-0.3, -0.25) is 19.8 Å². The Morgan fingerprint density at radius 2 is 1.65 bits per heavy atom. The molecule has 1 aromatic carbocycles. The highest BCUT2D eigenvalue weighted by molar-refractivity contribution is 6.01. The van der Waals surface area contributed by atoms with Gasteiger partial charge in [-0.1, -0.05) is 24.6 Å². The zero-order valence-electron chi connectivity index (χ0n) is 14.9. The van der Waals surface area contributed by atoms with Crippen LogP contribution in [0.5, 0.6) is 0 Å². The number of hydrogen-bond acceptors (Lipinski definition) is 4. The van der Waals surface area contributed by atoms with E-state index in [9.17, 15) is 14.4 Å². The molecule has 140 valence electrons. The van der Waals surface area contributed by atoms with Gasteiger partial charge in [0.25, 0.3) is 0 Å². The predicted molar refractivity (Wildman–Crippen MR) is 98.6 cm³/mol. The SMILES string of the molecule is O=C(CN1CCCC[C@H]1C(=O)N1CCCC1)NC(=O)Nc1ccccc1. The summed E-state index contributed by atoms with van der Waals surface area (Å²) in [5, 5.41) is 4.97. The molecule has 2 heterocycles. The first-order chi connectivity index (χ1) is 12.6.